The predicted molar refractivity (Wildman–Crippen MR) is 253 cm³/mol. The molecule has 0 radical (unpaired) electrons. The second kappa shape index (κ2) is 49.2. The fourth-order valence-corrected chi connectivity index (χ4v) is 8.22. The number of carbonyl (C=O) groups excluding carboxylic acids is 1. The van der Waals surface area contributed by atoms with Crippen LogP contribution >= 0.6 is 0 Å². The summed E-state index contributed by atoms with van der Waals surface area (Å²) in [6.45, 7) is 4.36. The van der Waals surface area contributed by atoms with E-state index in [1.54, 1.807) is 0 Å². The maximum Gasteiger partial charge on any atom is 0.220 e. The third kappa shape index (κ3) is 45.8. The number of rotatable bonds is 48. The number of hydrogen-bond donors (Lipinski definition) is 3. The van der Waals surface area contributed by atoms with Crippen molar-refractivity contribution in [3.05, 3.63) is 24.3 Å². The lowest BCUT2D eigenvalue weighted by Crippen LogP contribution is -2.45. The Morgan fingerprint density at radius 2 is 0.719 bits per heavy atom. The average molecular weight is 802 g/mol. The molecule has 0 aromatic carbocycles. The van der Waals surface area contributed by atoms with Gasteiger partial charge in [-0.3, -0.25) is 4.79 Å². The molecular formula is C53H103NO3. The van der Waals surface area contributed by atoms with E-state index in [0.717, 1.165) is 32.1 Å². The summed E-state index contributed by atoms with van der Waals surface area (Å²) in [4.78, 5) is 12.4. The highest BCUT2D eigenvalue weighted by atomic mass is 16.3. The van der Waals surface area contributed by atoms with Crippen molar-refractivity contribution in [3.63, 3.8) is 0 Å². The minimum absolute atomic E-state index is 0.0296. The van der Waals surface area contributed by atoms with Gasteiger partial charge in [0, 0.05) is 6.42 Å². The normalized spacial score (nSPS) is 13.0. The molecule has 0 aliphatic rings. The van der Waals surface area contributed by atoms with Gasteiger partial charge in [0.25, 0.3) is 0 Å². The van der Waals surface area contributed by atoms with Crippen LogP contribution in [0.1, 0.15) is 290 Å². The van der Waals surface area contributed by atoms with Crippen LogP contribution in [0, 0.1) is 0 Å². The van der Waals surface area contributed by atoms with Crippen LogP contribution in [0.3, 0.4) is 0 Å². The first-order chi connectivity index (χ1) is 28.2. The number of carbonyl (C=O) groups is 1. The summed E-state index contributed by atoms with van der Waals surface area (Å²) in [5, 5.41) is 23.1. The number of nitrogens with one attached hydrogen (secondary N) is 1. The Bertz CT molecular complexity index is 825. The molecule has 3 N–H and O–H groups in total. The minimum Gasteiger partial charge on any atom is -0.394 e. The van der Waals surface area contributed by atoms with Crippen molar-refractivity contribution in [1.82, 2.24) is 5.32 Å². The molecule has 0 heterocycles. The van der Waals surface area contributed by atoms with Crippen LogP contribution in [0.15, 0.2) is 24.3 Å². The third-order valence-corrected chi connectivity index (χ3v) is 12.2. The van der Waals surface area contributed by atoms with Gasteiger partial charge in [-0.05, 0) is 44.9 Å². The number of aliphatic hydroxyl groups is 2. The molecule has 4 heteroatoms. The smallest absolute Gasteiger partial charge is 0.220 e. The Morgan fingerprint density at radius 3 is 1.05 bits per heavy atom. The van der Waals surface area contributed by atoms with E-state index in [0.29, 0.717) is 12.8 Å². The lowest BCUT2D eigenvalue weighted by molar-refractivity contribution is -0.123. The lowest BCUT2D eigenvalue weighted by atomic mass is 10.0. The van der Waals surface area contributed by atoms with Gasteiger partial charge in [-0.25, -0.2) is 0 Å². The van der Waals surface area contributed by atoms with Crippen LogP contribution in [-0.2, 0) is 4.79 Å². The molecule has 338 valence electrons. The molecule has 2 atom stereocenters. The lowest BCUT2D eigenvalue weighted by Gasteiger charge is -2.22. The number of unbranched alkanes of at least 4 members (excludes halogenated alkanes) is 37. The van der Waals surface area contributed by atoms with Crippen molar-refractivity contribution < 1.29 is 15.0 Å². The van der Waals surface area contributed by atoms with Gasteiger partial charge >= 0.3 is 0 Å². The highest BCUT2D eigenvalue weighted by Gasteiger charge is 2.20. The van der Waals surface area contributed by atoms with Crippen molar-refractivity contribution in [2.45, 2.75) is 302 Å². The zero-order chi connectivity index (χ0) is 41.4. The summed E-state index contributed by atoms with van der Waals surface area (Å²) in [7, 11) is 0. The molecule has 0 saturated heterocycles. The molecule has 0 spiro atoms. The first-order valence-electron chi connectivity index (χ1n) is 26.0. The molecule has 0 aromatic heterocycles. The van der Waals surface area contributed by atoms with Gasteiger partial charge in [0.1, 0.15) is 0 Å². The highest BCUT2D eigenvalue weighted by molar-refractivity contribution is 5.76. The SMILES string of the molecule is CCCCCCCCCCCCC/C=C\C/C=C\CCCCCCCCCCCCCCCCCCCC(=O)NC(CO)C(O)CCCCCCCCCCCC. The van der Waals surface area contributed by atoms with E-state index in [2.05, 4.69) is 43.5 Å². The Balaban J connectivity index is 3.38. The Morgan fingerprint density at radius 1 is 0.421 bits per heavy atom. The topological polar surface area (TPSA) is 69.6 Å². The zero-order valence-electron chi connectivity index (χ0n) is 38.9. The van der Waals surface area contributed by atoms with Gasteiger partial charge in [-0.1, -0.05) is 263 Å². The second-order valence-corrected chi connectivity index (χ2v) is 17.9. The first kappa shape index (κ1) is 55.9. The summed E-state index contributed by atoms with van der Waals surface area (Å²) in [5.41, 5.74) is 0. The Hall–Kier alpha value is -1.13. The van der Waals surface area contributed by atoms with E-state index in [1.807, 2.05) is 0 Å². The standard InChI is InChI=1S/C53H103NO3/c1-3-5-7-9-11-13-15-16-17-18-19-20-21-22-23-24-25-26-27-28-29-30-31-32-33-34-35-36-37-38-39-41-43-45-47-49-53(57)54-51(50-55)52(56)48-46-44-42-40-14-12-10-8-6-4-2/h21-22,24-25,51-52,55-56H,3-20,23,26-50H2,1-2H3,(H,54,57)/b22-21-,25-24-. The maximum atomic E-state index is 12.4. The molecule has 0 aromatic rings. The van der Waals surface area contributed by atoms with Crippen LogP contribution in [-0.4, -0.2) is 34.9 Å². The summed E-state index contributed by atoms with van der Waals surface area (Å²) in [6.07, 6.45) is 64.5. The van der Waals surface area contributed by atoms with Crippen LogP contribution in [0.4, 0.5) is 0 Å². The van der Waals surface area contributed by atoms with Gasteiger partial charge in [-0.15, -0.1) is 0 Å². The van der Waals surface area contributed by atoms with E-state index in [9.17, 15) is 15.0 Å². The number of amides is 1. The zero-order valence-corrected chi connectivity index (χ0v) is 38.9. The predicted octanol–water partition coefficient (Wildman–Crippen LogP) is 16.8. The van der Waals surface area contributed by atoms with Crippen molar-refractivity contribution in [2.75, 3.05) is 6.61 Å². The van der Waals surface area contributed by atoms with Gasteiger partial charge in [0.05, 0.1) is 18.8 Å². The molecule has 4 nitrogen and oxygen atoms in total. The molecular weight excluding hydrogens is 699 g/mol. The van der Waals surface area contributed by atoms with Crippen LogP contribution in [0.2, 0.25) is 0 Å². The molecule has 0 aliphatic carbocycles. The van der Waals surface area contributed by atoms with Gasteiger partial charge < -0.3 is 15.5 Å². The molecule has 2 unspecified atom stereocenters. The quantitative estimate of drug-likeness (QED) is 0.0424. The van der Waals surface area contributed by atoms with Gasteiger partial charge in [0.2, 0.25) is 5.91 Å². The fourth-order valence-electron chi connectivity index (χ4n) is 8.22. The van der Waals surface area contributed by atoms with Crippen molar-refractivity contribution in [2.24, 2.45) is 0 Å². The Kier molecular flexibility index (Phi) is 48.3. The molecule has 0 fully saturated rings. The van der Waals surface area contributed by atoms with Crippen LogP contribution < -0.4 is 5.32 Å². The Labute approximate surface area is 358 Å². The molecule has 0 aliphatic heterocycles. The van der Waals surface area contributed by atoms with E-state index < -0.39 is 12.1 Å². The number of hydrogen-bond acceptors (Lipinski definition) is 3. The number of aliphatic hydroxyl groups excluding tert-OH is 2. The largest absolute Gasteiger partial charge is 0.394 e. The second-order valence-electron chi connectivity index (χ2n) is 17.9. The summed E-state index contributed by atoms with van der Waals surface area (Å²) in [5.74, 6) is -0.0296. The summed E-state index contributed by atoms with van der Waals surface area (Å²) >= 11 is 0. The van der Waals surface area contributed by atoms with Gasteiger partial charge in [-0.2, -0.15) is 0 Å². The monoisotopic (exact) mass is 802 g/mol. The molecule has 57 heavy (non-hydrogen) atoms. The van der Waals surface area contributed by atoms with Crippen LogP contribution in [0.5, 0.6) is 0 Å². The van der Waals surface area contributed by atoms with E-state index in [-0.39, 0.29) is 12.5 Å². The first-order valence-corrected chi connectivity index (χ1v) is 26.0. The minimum atomic E-state index is -0.655. The fraction of sp³-hybridized carbons (Fsp3) is 0.906. The molecule has 0 rings (SSSR count). The summed E-state index contributed by atoms with van der Waals surface area (Å²) in [6, 6.07) is -0.532. The highest BCUT2D eigenvalue weighted by Crippen LogP contribution is 2.17. The van der Waals surface area contributed by atoms with Crippen molar-refractivity contribution in [1.29, 1.82) is 0 Å². The average Bonchev–Trinajstić information content (AvgIpc) is 3.22. The van der Waals surface area contributed by atoms with Crippen molar-refractivity contribution in [3.8, 4) is 0 Å². The van der Waals surface area contributed by atoms with Gasteiger partial charge in [0.15, 0.2) is 0 Å². The van der Waals surface area contributed by atoms with Crippen molar-refractivity contribution >= 4 is 5.91 Å². The van der Waals surface area contributed by atoms with Crippen LogP contribution in [0.25, 0.3) is 0 Å². The molecule has 1 amide bonds. The third-order valence-electron chi connectivity index (χ3n) is 12.2. The summed E-state index contributed by atoms with van der Waals surface area (Å²) < 4.78 is 0. The van der Waals surface area contributed by atoms with E-state index in [4.69, 9.17) is 0 Å². The molecule has 0 saturated carbocycles. The number of allylic oxidation sites excluding steroid dienone is 4. The van der Waals surface area contributed by atoms with E-state index >= 15 is 0 Å². The molecule has 0 bridgehead atoms. The van der Waals surface area contributed by atoms with E-state index in [1.165, 1.54) is 231 Å². The maximum absolute atomic E-state index is 12.4.